The van der Waals surface area contributed by atoms with Gasteiger partial charge in [-0.2, -0.15) is 4.98 Å². The summed E-state index contributed by atoms with van der Waals surface area (Å²) in [6.45, 7) is 2.02. The van der Waals surface area contributed by atoms with Crippen LogP contribution >= 0.6 is 0 Å². The smallest absolute Gasteiger partial charge is 0.324 e. The second kappa shape index (κ2) is 8.06. The van der Waals surface area contributed by atoms with Gasteiger partial charge < -0.3 is 26.8 Å². The maximum Gasteiger partial charge on any atom is 0.324 e. The molecular weight excluding hydrogens is 324 g/mol. The number of esters is 1. The molecule has 0 bridgehead atoms. The number of hydrogen-bond acceptors (Lipinski definition) is 8. The summed E-state index contributed by atoms with van der Waals surface area (Å²) in [4.78, 5) is 31.1. The Morgan fingerprint density at radius 1 is 1.36 bits per heavy atom. The summed E-state index contributed by atoms with van der Waals surface area (Å²) in [5.41, 5.74) is 13.0. The first-order valence-corrected chi connectivity index (χ1v) is 7.48. The molecule has 9 heteroatoms. The highest BCUT2D eigenvalue weighted by molar-refractivity contribution is 5.98. The molecule has 1 unspecified atom stereocenters. The molecule has 0 saturated heterocycles. The Balaban J connectivity index is 2.21. The second-order valence-electron chi connectivity index (χ2n) is 5.33. The van der Waals surface area contributed by atoms with Gasteiger partial charge in [0, 0.05) is 18.4 Å². The molecule has 0 aliphatic heterocycles. The Morgan fingerprint density at radius 3 is 2.76 bits per heavy atom. The number of methoxy groups -OCH3 is 1. The van der Waals surface area contributed by atoms with Gasteiger partial charge in [0.05, 0.1) is 7.11 Å². The first kappa shape index (κ1) is 18.1. The Hall–Kier alpha value is -3.20. The molecule has 132 valence electrons. The molecule has 0 saturated carbocycles. The lowest BCUT2D eigenvalue weighted by atomic mass is 10.2. The fraction of sp³-hybridized carbons (Fsp3) is 0.250. The molecule has 0 aliphatic rings. The van der Waals surface area contributed by atoms with E-state index in [1.165, 1.54) is 13.3 Å². The number of amides is 1. The molecule has 1 heterocycles. The number of ether oxygens (including phenoxy) is 1. The molecule has 9 nitrogen and oxygen atoms in total. The lowest BCUT2D eigenvalue weighted by molar-refractivity contribution is -0.141. The van der Waals surface area contributed by atoms with Crippen molar-refractivity contribution in [1.29, 1.82) is 0 Å². The number of aryl methyl sites for hydroxylation is 1. The van der Waals surface area contributed by atoms with Crippen LogP contribution in [0.3, 0.4) is 0 Å². The number of nitrogens with one attached hydrogen (secondary N) is 2. The molecule has 1 aromatic carbocycles. The molecular formula is C16H20N6O3. The molecule has 6 N–H and O–H groups in total. The number of carbonyl (C=O) groups is 2. The molecule has 0 fully saturated rings. The number of anilines is 3. The Bertz CT molecular complexity index is 780. The molecule has 1 aromatic heterocycles. The number of hydrogen-bond donors (Lipinski definition) is 4. The minimum Gasteiger partial charge on any atom is -0.468 e. The first-order valence-electron chi connectivity index (χ1n) is 7.48. The highest BCUT2D eigenvalue weighted by atomic mass is 16.5. The van der Waals surface area contributed by atoms with E-state index in [0.29, 0.717) is 0 Å². The number of carbonyl (C=O) groups excluding carboxylic acids is 2. The van der Waals surface area contributed by atoms with Crippen LogP contribution in [-0.4, -0.2) is 41.5 Å². The van der Waals surface area contributed by atoms with Crippen molar-refractivity contribution in [1.82, 2.24) is 9.97 Å². The third-order valence-corrected chi connectivity index (χ3v) is 3.32. The number of nitrogens with two attached hydrogens (primary N) is 2. The van der Waals surface area contributed by atoms with Crippen LogP contribution < -0.4 is 22.1 Å². The Morgan fingerprint density at radius 2 is 2.12 bits per heavy atom. The van der Waals surface area contributed by atoms with Crippen molar-refractivity contribution in [2.24, 2.45) is 11.5 Å². The predicted octanol–water partition coefficient (Wildman–Crippen LogP) is 0.540. The lowest BCUT2D eigenvalue weighted by Gasteiger charge is -2.13. The van der Waals surface area contributed by atoms with Crippen LogP contribution in [0.4, 0.5) is 17.5 Å². The van der Waals surface area contributed by atoms with E-state index >= 15 is 0 Å². The van der Waals surface area contributed by atoms with Crippen LogP contribution in [0.2, 0.25) is 0 Å². The van der Waals surface area contributed by atoms with Crippen molar-refractivity contribution in [3.05, 3.63) is 41.6 Å². The molecule has 1 atom stereocenters. The fourth-order valence-electron chi connectivity index (χ4n) is 2.04. The zero-order valence-electron chi connectivity index (χ0n) is 13.9. The summed E-state index contributed by atoms with van der Waals surface area (Å²) in [6, 6.07) is 6.68. The van der Waals surface area contributed by atoms with E-state index in [1.54, 1.807) is 0 Å². The second-order valence-corrected chi connectivity index (χ2v) is 5.33. The van der Waals surface area contributed by atoms with Crippen LogP contribution in [0.1, 0.15) is 15.9 Å². The normalized spacial score (nSPS) is 11.5. The minimum absolute atomic E-state index is 0.0759. The highest BCUT2D eigenvalue weighted by Crippen LogP contribution is 2.20. The van der Waals surface area contributed by atoms with Gasteiger partial charge in [0.2, 0.25) is 5.95 Å². The van der Waals surface area contributed by atoms with Crippen LogP contribution in [-0.2, 0) is 9.53 Å². The maximum atomic E-state index is 11.6. The molecule has 0 aliphatic carbocycles. The fourth-order valence-corrected chi connectivity index (χ4v) is 2.04. The average Bonchev–Trinajstić information content (AvgIpc) is 2.58. The number of rotatable bonds is 7. The molecule has 2 aromatic rings. The van der Waals surface area contributed by atoms with Crippen molar-refractivity contribution >= 4 is 29.3 Å². The summed E-state index contributed by atoms with van der Waals surface area (Å²) in [7, 11) is 1.25. The van der Waals surface area contributed by atoms with Gasteiger partial charge in [-0.1, -0.05) is 12.1 Å². The highest BCUT2D eigenvalue weighted by Gasteiger charge is 2.16. The SMILES string of the molecule is COC(=O)C(N)CNc1ncc(C(N)=O)c(Nc2cccc(C)c2)n1. The standard InChI is InChI=1S/C16H20N6O3/c1-9-4-3-5-10(6-9)21-14-11(13(18)23)7-19-16(22-14)20-8-12(17)15(24)25-2/h3-7,12H,8,17H2,1-2H3,(H2,18,23)(H2,19,20,21,22). The van der Waals surface area contributed by atoms with Crippen LogP contribution in [0.25, 0.3) is 0 Å². The van der Waals surface area contributed by atoms with Gasteiger partial charge in [0.25, 0.3) is 5.91 Å². The minimum atomic E-state index is -0.863. The number of primary amides is 1. The van der Waals surface area contributed by atoms with Gasteiger partial charge in [-0.05, 0) is 24.6 Å². The number of benzene rings is 1. The molecule has 1 amide bonds. The van der Waals surface area contributed by atoms with E-state index in [1.807, 2.05) is 31.2 Å². The average molecular weight is 344 g/mol. The number of aromatic nitrogens is 2. The molecule has 25 heavy (non-hydrogen) atoms. The van der Waals surface area contributed by atoms with E-state index in [4.69, 9.17) is 11.5 Å². The van der Waals surface area contributed by atoms with Crippen molar-refractivity contribution in [3.63, 3.8) is 0 Å². The van der Waals surface area contributed by atoms with Crippen LogP contribution in [0.15, 0.2) is 30.5 Å². The Labute approximate surface area is 144 Å². The van der Waals surface area contributed by atoms with Gasteiger partial charge in [0.1, 0.15) is 17.4 Å². The van der Waals surface area contributed by atoms with Gasteiger partial charge in [-0.3, -0.25) is 9.59 Å². The van der Waals surface area contributed by atoms with Crippen molar-refractivity contribution in [3.8, 4) is 0 Å². The van der Waals surface area contributed by atoms with Gasteiger partial charge in [-0.25, -0.2) is 4.98 Å². The summed E-state index contributed by atoms with van der Waals surface area (Å²) < 4.78 is 4.55. The van der Waals surface area contributed by atoms with E-state index in [0.717, 1.165) is 11.3 Å². The quantitative estimate of drug-likeness (QED) is 0.532. The summed E-state index contributed by atoms with van der Waals surface area (Å²) in [5.74, 6) is -0.769. The van der Waals surface area contributed by atoms with E-state index in [2.05, 4.69) is 25.3 Å². The van der Waals surface area contributed by atoms with Crippen LogP contribution in [0, 0.1) is 6.92 Å². The number of nitrogens with zero attached hydrogens (tertiary/aromatic N) is 2. The largest absolute Gasteiger partial charge is 0.468 e. The van der Waals surface area contributed by atoms with Crippen molar-refractivity contribution < 1.29 is 14.3 Å². The third kappa shape index (κ3) is 4.88. The van der Waals surface area contributed by atoms with Crippen molar-refractivity contribution in [2.45, 2.75) is 13.0 Å². The zero-order valence-corrected chi connectivity index (χ0v) is 13.9. The lowest BCUT2D eigenvalue weighted by Crippen LogP contribution is -2.38. The summed E-state index contributed by atoms with van der Waals surface area (Å²) in [6.07, 6.45) is 1.31. The summed E-state index contributed by atoms with van der Waals surface area (Å²) in [5, 5.41) is 5.87. The van der Waals surface area contributed by atoms with E-state index in [9.17, 15) is 9.59 Å². The van der Waals surface area contributed by atoms with E-state index in [-0.39, 0.29) is 23.9 Å². The first-order chi connectivity index (χ1) is 11.9. The van der Waals surface area contributed by atoms with Gasteiger partial charge >= 0.3 is 5.97 Å². The third-order valence-electron chi connectivity index (χ3n) is 3.32. The Kier molecular flexibility index (Phi) is 5.85. The van der Waals surface area contributed by atoms with Gasteiger partial charge in [-0.15, -0.1) is 0 Å². The monoisotopic (exact) mass is 344 g/mol. The maximum absolute atomic E-state index is 11.6. The molecule has 2 rings (SSSR count). The molecule has 0 radical (unpaired) electrons. The predicted molar refractivity (Wildman–Crippen MR) is 93.5 cm³/mol. The topological polar surface area (TPSA) is 145 Å². The van der Waals surface area contributed by atoms with E-state index < -0.39 is 17.9 Å². The summed E-state index contributed by atoms with van der Waals surface area (Å²) >= 11 is 0. The zero-order chi connectivity index (χ0) is 18.4. The molecule has 0 spiro atoms. The van der Waals surface area contributed by atoms with Crippen LogP contribution in [0.5, 0.6) is 0 Å². The van der Waals surface area contributed by atoms with Crippen molar-refractivity contribution in [2.75, 3.05) is 24.3 Å². The van der Waals surface area contributed by atoms with Gasteiger partial charge in [0.15, 0.2) is 0 Å².